The van der Waals surface area contributed by atoms with Gasteiger partial charge in [0.15, 0.2) is 0 Å². The monoisotopic (exact) mass is 465 g/mol. The van der Waals surface area contributed by atoms with Gasteiger partial charge in [0.1, 0.15) is 0 Å². The van der Waals surface area contributed by atoms with Gasteiger partial charge in [-0.05, 0) is 62.0 Å². The molecule has 5 rings (SSSR count). The molecule has 182 valence electrons. The van der Waals surface area contributed by atoms with Crippen LogP contribution in [0.1, 0.15) is 68.7 Å². The van der Waals surface area contributed by atoms with E-state index < -0.39 is 11.7 Å². The molecule has 1 saturated heterocycles. The van der Waals surface area contributed by atoms with Gasteiger partial charge in [-0.3, -0.25) is 9.78 Å². The summed E-state index contributed by atoms with van der Waals surface area (Å²) in [7, 11) is 0. The zero-order chi connectivity index (χ0) is 23.2. The van der Waals surface area contributed by atoms with E-state index in [4.69, 9.17) is 4.74 Å². The molecule has 33 heavy (non-hydrogen) atoms. The summed E-state index contributed by atoms with van der Waals surface area (Å²) < 4.78 is 45.2. The van der Waals surface area contributed by atoms with Crippen LogP contribution in [0.25, 0.3) is 0 Å². The molecular formula is C25H34F3N3O2. The number of hydrogen-bond donors (Lipinski definition) is 1. The predicted octanol–water partition coefficient (Wildman–Crippen LogP) is 4.34. The first-order valence-corrected chi connectivity index (χ1v) is 12.5. The molecule has 2 aliphatic carbocycles. The number of pyridine rings is 1. The molecule has 2 aliphatic heterocycles. The van der Waals surface area contributed by atoms with Crippen LogP contribution in [0, 0.1) is 17.3 Å². The Hall–Kier alpha value is -1.67. The number of nitrogens with one attached hydrogen (secondary N) is 1. The number of rotatable bonds is 4. The van der Waals surface area contributed by atoms with Crippen LogP contribution < -0.4 is 5.32 Å². The highest BCUT2D eigenvalue weighted by Gasteiger charge is 2.56. The van der Waals surface area contributed by atoms with Crippen molar-refractivity contribution in [3.05, 3.63) is 29.1 Å². The smallest absolute Gasteiger partial charge is 0.381 e. The topological polar surface area (TPSA) is 54.5 Å². The number of alkyl halides is 3. The molecule has 1 aromatic heterocycles. The number of carbonyl (C=O) groups excluding carboxylic acids is 1. The molecule has 4 aliphatic rings. The molecule has 3 heterocycles. The summed E-state index contributed by atoms with van der Waals surface area (Å²) in [4.78, 5) is 19.8. The Balaban J connectivity index is 1.31. The van der Waals surface area contributed by atoms with Gasteiger partial charge in [-0.1, -0.05) is 13.3 Å². The maximum Gasteiger partial charge on any atom is 0.417 e. The molecule has 2 saturated carbocycles. The number of amides is 1. The fraction of sp³-hybridized carbons (Fsp3) is 0.760. The van der Waals surface area contributed by atoms with Crippen LogP contribution in [0.3, 0.4) is 0 Å². The summed E-state index contributed by atoms with van der Waals surface area (Å²) in [6.07, 6.45) is 3.98. The van der Waals surface area contributed by atoms with Crippen molar-refractivity contribution < 1.29 is 22.7 Å². The van der Waals surface area contributed by atoms with Gasteiger partial charge >= 0.3 is 6.18 Å². The molecule has 0 unspecified atom stereocenters. The van der Waals surface area contributed by atoms with E-state index in [1.807, 2.05) is 4.90 Å². The minimum Gasteiger partial charge on any atom is -0.381 e. The lowest BCUT2D eigenvalue weighted by Crippen LogP contribution is -2.48. The van der Waals surface area contributed by atoms with Crippen LogP contribution >= 0.6 is 0 Å². The van der Waals surface area contributed by atoms with Gasteiger partial charge in [0.25, 0.3) is 0 Å². The molecule has 5 nitrogen and oxygen atoms in total. The number of fused-ring (bicyclic) bond motifs is 2. The lowest BCUT2D eigenvalue weighted by atomic mass is 9.78. The molecule has 0 bridgehead atoms. The molecule has 1 N–H and O–H groups in total. The van der Waals surface area contributed by atoms with Crippen molar-refractivity contribution in [1.29, 1.82) is 0 Å². The molecule has 3 fully saturated rings. The third kappa shape index (κ3) is 4.29. The first-order valence-electron chi connectivity index (χ1n) is 12.5. The first kappa shape index (κ1) is 23.1. The van der Waals surface area contributed by atoms with Crippen molar-refractivity contribution in [3.63, 3.8) is 0 Å². The third-order valence-corrected chi connectivity index (χ3v) is 8.67. The molecule has 1 aromatic rings. The van der Waals surface area contributed by atoms with Crippen LogP contribution in [0.2, 0.25) is 0 Å². The zero-order valence-corrected chi connectivity index (χ0v) is 19.3. The summed E-state index contributed by atoms with van der Waals surface area (Å²) in [6, 6.07) is 1.95. The van der Waals surface area contributed by atoms with E-state index in [1.54, 1.807) is 0 Å². The number of nitrogens with zero attached hydrogens (tertiary/aromatic N) is 2. The maximum atomic E-state index is 13.9. The Bertz CT molecular complexity index is 892. The van der Waals surface area contributed by atoms with Crippen molar-refractivity contribution in [1.82, 2.24) is 15.2 Å². The second-order valence-electron chi connectivity index (χ2n) is 10.5. The molecule has 1 amide bonds. The van der Waals surface area contributed by atoms with Gasteiger partial charge in [-0.15, -0.1) is 0 Å². The first-order chi connectivity index (χ1) is 15.8. The maximum absolute atomic E-state index is 13.9. The average Bonchev–Trinajstić information content (AvgIpc) is 3.35. The van der Waals surface area contributed by atoms with E-state index in [9.17, 15) is 18.0 Å². The number of ether oxygens (including phenoxy) is 1. The summed E-state index contributed by atoms with van der Waals surface area (Å²) in [5.41, 5.74) is 0.121. The fourth-order valence-electron chi connectivity index (χ4n) is 6.91. The standard InChI is InChI=1S/C25H34F3N3O2/c1-2-16-15-33-9-6-22(16)30-20-11-18-4-3-7-24(18,12-20)23(32)31-8-5-21-17(14-31)10-19(13-29-21)25(26,27)28/h10,13,16,18,20,22,30H,2-9,11-12,14-15H2,1H3/t16-,18-,20-,22+,24-/m1/s1. The SMILES string of the molecule is CC[C@@H]1COCC[C@@H]1N[C@@H]1C[C@H]2CCC[C@@]2(C(=O)N2CCc3ncc(C(F)(F)F)cc3C2)C1. The predicted molar refractivity (Wildman–Crippen MR) is 117 cm³/mol. The van der Waals surface area contributed by atoms with Crippen LogP contribution in [0.4, 0.5) is 13.2 Å². The summed E-state index contributed by atoms with van der Waals surface area (Å²) in [6.45, 7) is 4.56. The summed E-state index contributed by atoms with van der Waals surface area (Å²) in [5.74, 6) is 1.03. The van der Waals surface area contributed by atoms with E-state index in [0.29, 0.717) is 48.1 Å². The quantitative estimate of drug-likeness (QED) is 0.719. The summed E-state index contributed by atoms with van der Waals surface area (Å²) in [5, 5.41) is 3.88. The highest BCUT2D eigenvalue weighted by Crippen LogP contribution is 2.55. The Labute approximate surface area is 193 Å². The minimum atomic E-state index is -4.42. The van der Waals surface area contributed by atoms with Crippen molar-refractivity contribution in [2.45, 2.75) is 83.1 Å². The van der Waals surface area contributed by atoms with E-state index in [-0.39, 0.29) is 17.9 Å². The Morgan fingerprint density at radius 2 is 2.21 bits per heavy atom. The fourth-order valence-corrected chi connectivity index (χ4v) is 6.91. The zero-order valence-electron chi connectivity index (χ0n) is 19.3. The van der Waals surface area contributed by atoms with E-state index >= 15 is 0 Å². The molecule has 8 heteroatoms. The van der Waals surface area contributed by atoms with E-state index in [2.05, 4.69) is 17.2 Å². The lowest BCUT2D eigenvalue weighted by molar-refractivity contribution is -0.144. The van der Waals surface area contributed by atoms with Crippen LogP contribution in [-0.2, 0) is 28.7 Å². The second-order valence-corrected chi connectivity index (χ2v) is 10.5. The van der Waals surface area contributed by atoms with E-state index in [0.717, 1.165) is 64.4 Å². The van der Waals surface area contributed by atoms with Crippen LogP contribution in [0.5, 0.6) is 0 Å². The van der Waals surface area contributed by atoms with Crippen molar-refractivity contribution in [3.8, 4) is 0 Å². The molecule has 0 radical (unpaired) electrons. The normalized spacial score (nSPS) is 34.2. The van der Waals surface area contributed by atoms with Crippen molar-refractivity contribution in [2.75, 3.05) is 19.8 Å². The largest absolute Gasteiger partial charge is 0.417 e. The molecule has 0 aromatic carbocycles. The van der Waals surface area contributed by atoms with Gasteiger partial charge in [-0.25, -0.2) is 0 Å². The lowest BCUT2D eigenvalue weighted by Gasteiger charge is -2.38. The van der Waals surface area contributed by atoms with Crippen molar-refractivity contribution in [2.24, 2.45) is 17.3 Å². The number of hydrogen-bond acceptors (Lipinski definition) is 4. The number of carbonyl (C=O) groups is 1. The van der Waals surface area contributed by atoms with Gasteiger partial charge in [0.05, 0.1) is 17.6 Å². The van der Waals surface area contributed by atoms with Gasteiger partial charge in [0, 0.05) is 50.1 Å². The van der Waals surface area contributed by atoms with Gasteiger partial charge in [-0.2, -0.15) is 13.2 Å². The Morgan fingerprint density at radius 3 is 3.00 bits per heavy atom. The number of halogens is 3. The molecular weight excluding hydrogens is 431 g/mol. The molecule has 5 atom stereocenters. The highest BCUT2D eigenvalue weighted by molar-refractivity contribution is 5.84. The molecule has 0 spiro atoms. The van der Waals surface area contributed by atoms with Crippen LogP contribution in [0.15, 0.2) is 12.3 Å². The van der Waals surface area contributed by atoms with Gasteiger partial charge < -0.3 is 15.0 Å². The van der Waals surface area contributed by atoms with Crippen molar-refractivity contribution >= 4 is 5.91 Å². The Morgan fingerprint density at radius 1 is 1.36 bits per heavy atom. The summed E-state index contributed by atoms with van der Waals surface area (Å²) >= 11 is 0. The Kier molecular flexibility index (Phi) is 6.18. The van der Waals surface area contributed by atoms with E-state index in [1.165, 1.54) is 6.07 Å². The average molecular weight is 466 g/mol. The minimum absolute atomic E-state index is 0.149. The van der Waals surface area contributed by atoms with Crippen LogP contribution in [-0.4, -0.2) is 47.6 Å². The van der Waals surface area contributed by atoms with Gasteiger partial charge in [0.2, 0.25) is 5.91 Å². The highest BCUT2D eigenvalue weighted by atomic mass is 19.4. The third-order valence-electron chi connectivity index (χ3n) is 8.67. The number of aromatic nitrogens is 1. The second kappa shape index (κ2) is 8.84.